The first-order chi connectivity index (χ1) is 4.75. The van der Waals surface area contributed by atoms with E-state index in [9.17, 15) is 4.79 Å². The number of nitrogens with zero attached hydrogens (tertiary/aromatic N) is 1. The van der Waals surface area contributed by atoms with Gasteiger partial charge in [0.15, 0.2) is 0 Å². The molecule has 1 aliphatic heterocycles. The van der Waals surface area contributed by atoms with Crippen molar-refractivity contribution < 1.29 is 9.53 Å². The zero-order chi connectivity index (χ0) is 7.56. The van der Waals surface area contributed by atoms with E-state index < -0.39 is 0 Å². The third-order valence-electron chi connectivity index (χ3n) is 1.55. The molecular formula is C7H11NO2. The van der Waals surface area contributed by atoms with Crippen LogP contribution in [0.4, 0.5) is 0 Å². The van der Waals surface area contributed by atoms with Crippen molar-refractivity contribution in [3.8, 4) is 0 Å². The summed E-state index contributed by atoms with van der Waals surface area (Å²) >= 11 is 0. The van der Waals surface area contributed by atoms with Gasteiger partial charge in [0.2, 0.25) is 0 Å². The molecule has 0 radical (unpaired) electrons. The van der Waals surface area contributed by atoms with Gasteiger partial charge in [0, 0.05) is 6.54 Å². The quantitative estimate of drug-likeness (QED) is 0.528. The van der Waals surface area contributed by atoms with Gasteiger partial charge in [-0.25, -0.2) is 0 Å². The second-order valence-electron chi connectivity index (χ2n) is 2.23. The van der Waals surface area contributed by atoms with Gasteiger partial charge in [-0.05, 0) is 13.1 Å². The summed E-state index contributed by atoms with van der Waals surface area (Å²) in [4.78, 5) is 12.7. The summed E-state index contributed by atoms with van der Waals surface area (Å²) in [5, 5.41) is 0. The molecule has 0 saturated carbocycles. The predicted octanol–water partition coefficient (Wildman–Crippen LogP) is 0.377. The molecule has 0 aliphatic carbocycles. The molecule has 1 heterocycles. The third-order valence-corrected chi connectivity index (χ3v) is 1.55. The average Bonchev–Trinajstić information content (AvgIpc) is 1.95. The SMILES string of the molecule is C=CN1CCOC(C)C1=O. The summed E-state index contributed by atoms with van der Waals surface area (Å²) in [6, 6.07) is 0. The molecule has 10 heavy (non-hydrogen) atoms. The smallest absolute Gasteiger partial charge is 0.255 e. The lowest BCUT2D eigenvalue weighted by Crippen LogP contribution is -2.43. The Bertz CT molecular complexity index is 156. The van der Waals surface area contributed by atoms with Crippen LogP contribution >= 0.6 is 0 Å². The number of hydrogen-bond donors (Lipinski definition) is 0. The topological polar surface area (TPSA) is 29.5 Å². The molecule has 0 aromatic carbocycles. The maximum atomic E-state index is 11.1. The minimum Gasteiger partial charge on any atom is -0.367 e. The molecule has 1 fully saturated rings. The minimum atomic E-state index is -0.299. The number of amides is 1. The van der Waals surface area contributed by atoms with Crippen LogP contribution < -0.4 is 0 Å². The summed E-state index contributed by atoms with van der Waals surface area (Å²) < 4.78 is 5.08. The van der Waals surface area contributed by atoms with Crippen molar-refractivity contribution in [3.05, 3.63) is 12.8 Å². The maximum absolute atomic E-state index is 11.1. The Morgan fingerprint density at radius 3 is 3.10 bits per heavy atom. The standard InChI is InChI=1S/C7H11NO2/c1-3-8-4-5-10-6(2)7(8)9/h3,6H,1,4-5H2,2H3. The Balaban J connectivity index is 2.59. The van der Waals surface area contributed by atoms with Gasteiger partial charge >= 0.3 is 0 Å². The number of morpholine rings is 1. The first-order valence-corrected chi connectivity index (χ1v) is 3.30. The van der Waals surface area contributed by atoms with Crippen molar-refractivity contribution in [2.24, 2.45) is 0 Å². The van der Waals surface area contributed by atoms with E-state index in [4.69, 9.17) is 4.74 Å². The third kappa shape index (κ3) is 1.19. The summed E-state index contributed by atoms with van der Waals surface area (Å²) in [6.45, 7) is 6.51. The predicted molar refractivity (Wildman–Crippen MR) is 37.3 cm³/mol. The summed E-state index contributed by atoms with van der Waals surface area (Å²) in [6.07, 6.45) is 1.24. The van der Waals surface area contributed by atoms with Gasteiger partial charge < -0.3 is 9.64 Å². The summed E-state index contributed by atoms with van der Waals surface area (Å²) in [5.41, 5.74) is 0. The molecule has 0 aromatic rings. The highest BCUT2D eigenvalue weighted by molar-refractivity contribution is 5.81. The minimum absolute atomic E-state index is 0.00116. The largest absolute Gasteiger partial charge is 0.367 e. The number of carbonyl (C=O) groups excluding carboxylic acids is 1. The van der Waals surface area contributed by atoms with Crippen molar-refractivity contribution in [1.82, 2.24) is 4.90 Å². The highest BCUT2D eigenvalue weighted by atomic mass is 16.5. The van der Waals surface area contributed by atoms with Crippen LogP contribution in [0.25, 0.3) is 0 Å². The van der Waals surface area contributed by atoms with Crippen LogP contribution in [0, 0.1) is 0 Å². The molecule has 1 aliphatic rings. The van der Waals surface area contributed by atoms with Crippen molar-refractivity contribution in [1.29, 1.82) is 0 Å². The molecular weight excluding hydrogens is 130 g/mol. The van der Waals surface area contributed by atoms with Gasteiger partial charge in [0.25, 0.3) is 5.91 Å². The number of hydrogen-bond acceptors (Lipinski definition) is 2. The molecule has 3 heteroatoms. The molecule has 3 nitrogen and oxygen atoms in total. The van der Waals surface area contributed by atoms with E-state index in [-0.39, 0.29) is 12.0 Å². The Kier molecular flexibility index (Phi) is 2.06. The van der Waals surface area contributed by atoms with Crippen LogP contribution in [-0.4, -0.2) is 30.1 Å². The van der Waals surface area contributed by atoms with E-state index in [1.165, 1.54) is 0 Å². The fourth-order valence-corrected chi connectivity index (χ4v) is 0.924. The lowest BCUT2D eigenvalue weighted by atomic mass is 10.3. The molecule has 1 atom stereocenters. The monoisotopic (exact) mass is 141 g/mol. The van der Waals surface area contributed by atoms with E-state index in [0.29, 0.717) is 13.2 Å². The van der Waals surface area contributed by atoms with Crippen molar-refractivity contribution >= 4 is 5.91 Å². The van der Waals surface area contributed by atoms with Crippen LogP contribution in [0.3, 0.4) is 0 Å². The zero-order valence-corrected chi connectivity index (χ0v) is 6.04. The Morgan fingerprint density at radius 2 is 2.60 bits per heavy atom. The van der Waals surface area contributed by atoms with E-state index >= 15 is 0 Å². The van der Waals surface area contributed by atoms with Crippen LogP contribution in [0.1, 0.15) is 6.92 Å². The Morgan fingerprint density at radius 1 is 1.90 bits per heavy atom. The number of ether oxygens (including phenoxy) is 1. The highest BCUT2D eigenvalue weighted by Gasteiger charge is 2.23. The van der Waals surface area contributed by atoms with Gasteiger partial charge in [-0.1, -0.05) is 6.58 Å². The van der Waals surface area contributed by atoms with E-state index in [1.54, 1.807) is 18.0 Å². The van der Waals surface area contributed by atoms with Gasteiger partial charge in [-0.2, -0.15) is 0 Å². The van der Waals surface area contributed by atoms with Crippen LogP contribution in [0.15, 0.2) is 12.8 Å². The molecule has 1 unspecified atom stereocenters. The normalized spacial score (nSPS) is 26.7. The van der Waals surface area contributed by atoms with Crippen molar-refractivity contribution in [2.75, 3.05) is 13.2 Å². The van der Waals surface area contributed by atoms with Gasteiger partial charge in [0.1, 0.15) is 6.10 Å². The second-order valence-corrected chi connectivity index (χ2v) is 2.23. The van der Waals surface area contributed by atoms with Gasteiger partial charge in [0.05, 0.1) is 6.61 Å². The van der Waals surface area contributed by atoms with E-state index in [0.717, 1.165) is 0 Å². The highest BCUT2D eigenvalue weighted by Crippen LogP contribution is 2.05. The lowest BCUT2D eigenvalue weighted by molar-refractivity contribution is -0.147. The van der Waals surface area contributed by atoms with Crippen LogP contribution in [0.2, 0.25) is 0 Å². The zero-order valence-electron chi connectivity index (χ0n) is 6.04. The van der Waals surface area contributed by atoms with Crippen LogP contribution in [0.5, 0.6) is 0 Å². The molecule has 56 valence electrons. The molecule has 0 aromatic heterocycles. The van der Waals surface area contributed by atoms with Gasteiger partial charge in [-0.3, -0.25) is 4.79 Å². The Labute approximate surface area is 60.3 Å². The fourth-order valence-electron chi connectivity index (χ4n) is 0.924. The molecule has 0 N–H and O–H groups in total. The van der Waals surface area contributed by atoms with E-state index in [2.05, 4.69) is 6.58 Å². The van der Waals surface area contributed by atoms with Crippen molar-refractivity contribution in [2.45, 2.75) is 13.0 Å². The Hall–Kier alpha value is -0.830. The van der Waals surface area contributed by atoms with Gasteiger partial charge in [-0.15, -0.1) is 0 Å². The molecule has 1 saturated heterocycles. The maximum Gasteiger partial charge on any atom is 0.255 e. The van der Waals surface area contributed by atoms with Crippen molar-refractivity contribution in [3.63, 3.8) is 0 Å². The van der Waals surface area contributed by atoms with Crippen LogP contribution in [-0.2, 0) is 9.53 Å². The average molecular weight is 141 g/mol. The fraction of sp³-hybridized carbons (Fsp3) is 0.571. The first kappa shape index (κ1) is 7.28. The van der Waals surface area contributed by atoms with E-state index in [1.807, 2.05) is 0 Å². The second kappa shape index (κ2) is 2.84. The number of carbonyl (C=O) groups is 1. The number of rotatable bonds is 1. The summed E-state index contributed by atoms with van der Waals surface area (Å²) in [7, 11) is 0. The summed E-state index contributed by atoms with van der Waals surface area (Å²) in [5.74, 6) is 0.00116. The first-order valence-electron chi connectivity index (χ1n) is 3.30. The lowest BCUT2D eigenvalue weighted by Gasteiger charge is -2.27. The molecule has 1 amide bonds. The molecule has 0 spiro atoms. The molecule has 0 bridgehead atoms. The molecule has 1 rings (SSSR count).